The van der Waals surface area contributed by atoms with E-state index in [2.05, 4.69) is 10.3 Å². The third kappa shape index (κ3) is 2.26. The van der Waals surface area contributed by atoms with Crippen LogP contribution < -0.4 is 22.3 Å². The summed E-state index contributed by atoms with van der Waals surface area (Å²) in [6, 6.07) is 0. The first-order chi connectivity index (χ1) is 8.49. The molecule has 18 heavy (non-hydrogen) atoms. The van der Waals surface area contributed by atoms with Gasteiger partial charge in [0.1, 0.15) is 11.5 Å². The molecule has 1 aliphatic rings. The Balaban J connectivity index is 2.18. The zero-order valence-electron chi connectivity index (χ0n) is 10.3. The normalized spacial score (nSPS) is 16.6. The van der Waals surface area contributed by atoms with Crippen LogP contribution in [-0.4, -0.2) is 27.8 Å². The third-order valence-corrected chi connectivity index (χ3v) is 3.61. The molecule has 1 heterocycles. The average molecular weight is 254 g/mol. The maximum atomic E-state index is 11.6. The Hall–Kier alpha value is -1.76. The van der Waals surface area contributed by atoms with Gasteiger partial charge in [-0.3, -0.25) is 14.3 Å². The summed E-state index contributed by atoms with van der Waals surface area (Å²) < 4.78 is 1.19. The quantitative estimate of drug-likeness (QED) is 0.551. The van der Waals surface area contributed by atoms with E-state index in [9.17, 15) is 9.59 Å². The Labute approximate surface area is 104 Å². The van der Waals surface area contributed by atoms with Gasteiger partial charge in [0.05, 0.1) is 0 Å². The Morgan fingerprint density at radius 1 is 1.50 bits per heavy atom. The number of H-pyrrole nitrogens is 1. The van der Waals surface area contributed by atoms with Gasteiger partial charge in [0.2, 0.25) is 0 Å². The van der Waals surface area contributed by atoms with Crippen molar-refractivity contribution in [2.45, 2.75) is 19.3 Å². The fraction of sp³-hybridized carbons (Fsp3) is 0.636. The van der Waals surface area contributed by atoms with Crippen molar-refractivity contribution in [1.82, 2.24) is 9.55 Å². The molecule has 1 aromatic heterocycles. The lowest BCUT2D eigenvalue weighted by Crippen LogP contribution is -2.33. The highest BCUT2D eigenvalue weighted by Crippen LogP contribution is 2.48. The number of rotatable bonds is 5. The van der Waals surface area contributed by atoms with E-state index in [0.717, 1.165) is 12.8 Å². The lowest BCUT2D eigenvalue weighted by molar-refractivity contribution is 0.253. The predicted molar refractivity (Wildman–Crippen MR) is 68.6 cm³/mol. The maximum Gasteiger partial charge on any atom is 0.329 e. The van der Waals surface area contributed by atoms with Crippen LogP contribution in [0.5, 0.6) is 0 Å². The molecule has 2 rings (SSSR count). The summed E-state index contributed by atoms with van der Waals surface area (Å²) >= 11 is 0. The second-order valence-corrected chi connectivity index (χ2v) is 4.91. The topological polar surface area (TPSA) is 113 Å². The zero-order chi connectivity index (χ0) is 13.3. The Morgan fingerprint density at radius 2 is 2.17 bits per heavy atom. The molecule has 1 aliphatic carbocycles. The standard InChI is InChI=1S/C11H18N4O3/c1-15-8(12)7(9(17)14-10(15)18)13-6-11(2-3-11)4-5-16/h13,16H,2-6,12H2,1H3,(H,14,17,18). The van der Waals surface area contributed by atoms with Gasteiger partial charge in [0.15, 0.2) is 0 Å². The number of nitrogens with zero attached hydrogens (tertiary/aromatic N) is 1. The first-order valence-corrected chi connectivity index (χ1v) is 5.93. The van der Waals surface area contributed by atoms with Gasteiger partial charge in [-0.05, 0) is 24.7 Å². The molecular weight excluding hydrogens is 236 g/mol. The van der Waals surface area contributed by atoms with E-state index in [1.165, 1.54) is 11.6 Å². The number of aliphatic hydroxyl groups is 1. The van der Waals surface area contributed by atoms with Crippen molar-refractivity contribution in [2.75, 3.05) is 24.2 Å². The molecule has 0 spiro atoms. The van der Waals surface area contributed by atoms with Crippen LogP contribution in [0.2, 0.25) is 0 Å². The van der Waals surface area contributed by atoms with Crippen molar-refractivity contribution in [2.24, 2.45) is 12.5 Å². The van der Waals surface area contributed by atoms with Crippen LogP contribution in [-0.2, 0) is 7.05 Å². The highest BCUT2D eigenvalue weighted by Gasteiger charge is 2.41. The molecule has 0 aromatic carbocycles. The molecule has 0 bridgehead atoms. The first kappa shape index (κ1) is 12.7. The fourth-order valence-electron chi connectivity index (χ4n) is 2.01. The molecule has 0 aliphatic heterocycles. The minimum atomic E-state index is -0.528. The summed E-state index contributed by atoms with van der Waals surface area (Å²) in [6.07, 6.45) is 2.78. The molecule has 100 valence electrons. The molecule has 1 saturated carbocycles. The van der Waals surface area contributed by atoms with Gasteiger partial charge in [-0.15, -0.1) is 0 Å². The van der Waals surface area contributed by atoms with Gasteiger partial charge in [-0.1, -0.05) is 0 Å². The van der Waals surface area contributed by atoms with E-state index >= 15 is 0 Å². The van der Waals surface area contributed by atoms with Gasteiger partial charge >= 0.3 is 5.69 Å². The largest absolute Gasteiger partial charge is 0.396 e. The van der Waals surface area contributed by atoms with Crippen LogP contribution >= 0.6 is 0 Å². The predicted octanol–water partition coefficient (Wildman–Crippen LogP) is -0.770. The minimum absolute atomic E-state index is 0.0718. The number of nitrogens with two attached hydrogens (primary N) is 1. The van der Waals surface area contributed by atoms with Crippen LogP contribution in [0.25, 0.3) is 0 Å². The van der Waals surface area contributed by atoms with Crippen molar-refractivity contribution >= 4 is 11.5 Å². The monoisotopic (exact) mass is 254 g/mol. The molecule has 0 saturated heterocycles. The van der Waals surface area contributed by atoms with E-state index in [0.29, 0.717) is 13.0 Å². The van der Waals surface area contributed by atoms with Gasteiger partial charge < -0.3 is 16.2 Å². The number of aromatic amines is 1. The van der Waals surface area contributed by atoms with Crippen LogP contribution in [0.15, 0.2) is 9.59 Å². The second-order valence-electron chi connectivity index (χ2n) is 4.91. The van der Waals surface area contributed by atoms with Crippen LogP contribution in [0.3, 0.4) is 0 Å². The summed E-state index contributed by atoms with van der Waals surface area (Å²) in [6.45, 7) is 0.722. The number of nitrogen functional groups attached to an aromatic ring is 1. The molecule has 7 heteroatoms. The third-order valence-electron chi connectivity index (χ3n) is 3.61. The summed E-state index contributed by atoms with van der Waals surface area (Å²) in [4.78, 5) is 25.1. The molecule has 5 N–H and O–H groups in total. The number of hydrogen-bond acceptors (Lipinski definition) is 5. The molecule has 0 radical (unpaired) electrons. The number of aliphatic hydroxyl groups excluding tert-OH is 1. The Bertz CT molecular complexity index is 556. The van der Waals surface area contributed by atoms with Crippen LogP contribution in [0.4, 0.5) is 11.5 Å². The number of aromatic nitrogens is 2. The number of nitrogens with one attached hydrogen (secondary N) is 2. The summed E-state index contributed by atoms with van der Waals surface area (Å²) in [5.74, 6) is 0.128. The van der Waals surface area contributed by atoms with Gasteiger partial charge in [-0.2, -0.15) is 0 Å². The van der Waals surface area contributed by atoms with Crippen molar-refractivity contribution in [1.29, 1.82) is 0 Å². The van der Waals surface area contributed by atoms with E-state index in [1.54, 1.807) is 0 Å². The lowest BCUT2D eigenvalue weighted by Gasteiger charge is -2.16. The van der Waals surface area contributed by atoms with E-state index in [1.807, 2.05) is 0 Å². The minimum Gasteiger partial charge on any atom is -0.396 e. The molecule has 1 fully saturated rings. The van der Waals surface area contributed by atoms with Gasteiger partial charge in [0.25, 0.3) is 5.56 Å². The highest BCUT2D eigenvalue weighted by molar-refractivity contribution is 5.60. The first-order valence-electron chi connectivity index (χ1n) is 5.93. The second kappa shape index (κ2) is 4.49. The Kier molecular flexibility index (Phi) is 3.16. The van der Waals surface area contributed by atoms with Crippen molar-refractivity contribution in [3.63, 3.8) is 0 Å². The summed E-state index contributed by atoms with van der Waals surface area (Å²) in [5.41, 5.74) is 5.00. The average Bonchev–Trinajstić information content (AvgIpc) is 3.07. The molecule has 7 nitrogen and oxygen atoms in total. The zero-order valence-corrected chi connectivity index (χ0v) is 10.3. The Morgan fingerprint density at radius 3 is 2.72 bits per heavy atom. The molecule has 0 amide bonds. The lowest BCUT2D eigenvalue weighted by atomic mass is 10.0. The number of hydrogen-bond donors (Lipinski definition) is 4. The van der Waals surface area contributed by atoms with E-state index < -0.39 is 11.2 Å². The van der Waals surface area contributed by atoms with E-state index in [4.69, 9.17) is 10.8 Å². The number of anilines is 2. The molecule has 0 atom stereocenters. The molecule has 1 aromatic rings. The van der Waals surface area contributed by atoms with Crippen molar-refractivity contribution in [3.8, 4) is 0 Å². The van der Waals surface area contributed by atoms with Crippen LogP contribution in [0, 0.1) is 5.41 Å². The summed E-state index contributed by atoms with van der Waals surface area (Å²) in [5, 5.41) is 12.0. The van der Waals surface area contributed by atoms with Crippen molar-refractivity contribution < 1.29 is 5.11 Å². The summed E-state index contributed by atoms with van der Waals surface area (Å²) in [7, 11) is 1.50. The van der Waals surface area contributed by atoms with Crippen LogP contribution in [0.1, 0.15) is 19.3 Å². The van der Waals surface area contributed by atoms with Crippen molar-refractivity contribution in [3.05, 3.63) is 20.8 Å². The van der Waals surface area contributed by atoms with E-state index in [-0.39, 0.29) is 23.5 Å². The smallest absolute Gasteiger partial charge is 0.329 e. The van der Waals surface area contributed by atoms with Gasteiger partial charge in [-0.25, -0.2) is 4.79 Å². The molecule has 0 unspecified atom stereocenters. The highest BCUT2D eigenvalue weighted by atomic mass is 16.3. The fourth-order valence-corrected chi connectivity index (χ4v) is 2.01. The molecular formula is C11H18N4O3. The van der Waals surface area contributed by atoms with Gasteiger partial charge in [0, 0.05) is 20.2 Å². The maximum absolute atomic E-state index is 11.6. The SMILES string of the molecule is Cn1c(N)c(NCC2(CCO)CC2)c(=O)[nH]c1=O.